The van der Waals surface area contributed by atoms with Crippen LogP contribution < -0.4 is 5.32 Å². The van der Waals surface area contributed by atoms with Crippen LogP contribution in [-0.2, 0) is 11.3 Å². The topological polar surface area (TPSA) is 159 Å². The minimum atomic E-state index is -0.767. The maximum absolute atomic E-state index is 9.90. The number of hydrogen-bond donors (Lipinski definition) is 5. The van der Waals surface area contributed by atoms with Crippen LogP contribution in [0.3, 0.4) is 0 Å². The van der Waals surface area contributed by atoms with E-state index >= 15 is 0 Å². The van der Waals surface area contributed by atoms with Crippen LogP contribution in [0.2, 0.25) is 0 Å². The summed E-state index contributed by atoms with van der Waals surface area (Å²) in [7, 11) is 0. The zero-order valence-electron chi connectivity index (χ0n) is 13.5. The highest BCUT2D eigenvalue weighted by Crippen LogP contribution is 2.33. The van der Waals surface area contributed by atoms with Crippen molar-refractivity contribution in [1.29, 1.82) is 0 Å². The normalized spacial score (nSPS) is 22.9. The van der Waals surface area contributed by atoms with Crippen molar-refractivity contribution >= 4 is 17.0 Å². The molecular formula is C15H17N5O6. The fourth-order valence-corrected chi connectivity index (χ4v) is 2.91. The average Bonchev–Trinajstić information content (AvgIpc) is 3.32. The molecule has 0 aromatic carbocycles. The van der Waals surface area contributed by atoms with Crippen molar-refractivity contribution in [1.82, 2.24) is 19.5 Å². The predicted octanol–water partition coefficient (Wildman–Crippen LogP) is 0.0833. The van der Waals surface area contributed by atoms with Crippen LogP contribution in [-0.4, -0.2) is 58.8 Å². The van der Waals surface area contributed by atoms with Gasteiger partial charge in [0.2, 0.25) is 5.75 Å². The molecule has 138 valence electrons. The number of anilines is 1. The van der Waals surface area contributed by atoms with Crippen molar-refractivity contribution in [2.24, 2.45) is 0 Å². The first kappa shape index (κ1) is 16.6. The second-order valence-electron chi connectivity index (χ2n) is 5.91. The maximum Gasteiger partial charge on any atom is 0.201 e. The Balaban J connectivity index is 1.58. The third kappa shape index (κ3) is 2.71. The first-order valence-electron chi connectivity index (χ1n) is 7.92. The van der Waals surface area contributed by atoms with Gasteiger partial charge >= 0.3 is 0 Å². The Hall–Kier alpha value is -2.89. The Morgan fingerprint density at radius 3 is 2.81 bits per heavy atom. The van der Waals surface area contributed by atoms with Gasteiger partial charge in [0, 0.05) is 6.42 Å². The lowest BCUT2D eigenvalue weighted by Crippen LogP contribution is -2.24. The van der Waals surface area contributed by atoms with Gasteiger partial charge in [-0.15, -0.1) is 0 Å². The van der Waals surface area contributed by atoms with E-state index in [-0.39, 0.29) is 30.4 Å². The Morgan fingerprint density at radius 2 is 2.12 bits per heavy atom. The number of furan rings is 1. The van der Waals surface area contributed by atoms with E-state index in [4.69, 9.17) is 9.15 Å². The number of nitrogens with zero attached hydrogens (tertiary/aromatic N) is 4. The molecule has 1 saturated heterocycles. The number of aromatic hydroxyl groups is 2. The molecule has 3 atom stereocenters. The van der Waals surface area contributed by atoms with Crippen molar-refractivity contribution in [2.45, 2.75) is 31.4 Å². The van der Waals surface area contributed by atoms with Gasteiger partial charge in [0.25, 0.3) is 0 Å². The van der Waals surface area contributed by atoms with Crippen molar-refractivity contribution < 1.29 is 29.6 Å². The van der Waals surface area contributed by atoms with E-state index in [9.17, 15) is 20.4 Å². The van der Waals surface area contributed by atoms with Crippen molar-refractivity contribution in [3.8, 4) is 11.5 Å². The van der Waals surface area contributed by atoms with Crippen molar-refractivity contribution in [2.75, 3.05) is 11.9 Å². The molecule has 0 aliphatic carbocycles. The molecule has 1 aliphatic heterocycles. The van der Waals surface area contributed by atoms with Crippen LogP contribution in [0.25, 0.3) is 11.2 Å². The smallest absolute Gasteiger partial charge is 0.201 e. The molecule has 4 heterocycles. The van der Waals surface area contributed by atoms with Gasteiger partial charge in [0.1, 0.15) is 24.9 Å². The second-order valence-corrected chi connectivity index (χ2v) is 5.91. The minimum Gasteiger partial charge on any atom is -0.502 e. The van der Waals surface area contributed by atoms with Crippen LogP contribution in [0.5, 0.6) is 11.5 Å². The fourth-order valence-electron chi connectivity index (χ4n) is 2.91. The van der Waals surface area contributed by atoms with Gasteiger partial charge in [-0.2, -0.15) is 0 Å². The molecule has 0 bridgehead atoms. The van der Waals surface area contributed by atoms with Gasteiger partial charge in [0.05, 0.1) is 25.6 Å². The van der Waals surface area contributed by atoms with E-state index in [0.717, 1.165) is 6.26 Å². The number of fused-ring (bicyclic) bond motifs is 1. The lowest BCUT2D eigenvalue weighted by atomic mass is 10.2. The summed E-state index contributed by atoms with van der Waals surface area (Å²) < 4.78 is 12.3. The van der Waals surface area contributed by atoms with Gasteiger partial charge in [-0.25, -0.2) is 15.0 Å². The molecule has 5 N–H and O–H groups in total. The molecule has 26 heavy (non-hydrogen) atoms. The lowest BCUT2D eigenvalue weighted by Gasteiger charge is -2.13. The van der Waals surface area contributed by atoms with E-state index < -0.39 is 18.4 Å². The maximum atomic E-state index is 9.90. The highest BCUT2D eigenvalue weighted by Gasteiger charge is 2.35. The SMILES string of the molecule is OC[C@H]1OC(n2cnc3c(NCc4occ(O)c4O)ncnc32)C[C@@H]1O. The molecule has 1 fully saturated rings. The summed E-state index contributed by atoms with van der Waals surface area (Å²) in [6.45, 7) is -0.192. The summed E-state index contributed by atoms with van der Waals surface area (Å²) in [5.41, 5.74) is 0.957. The van der Waals surface area contributed by atoms with Gasteiger partial charge in [0.15, 0.2) is 28.5 Å². The number of imidazole rings is 1. The largest absolute Gasteiger partial charge is 0.502 e. The highest BCUT2D eigenvalue weighted by atomic mass is 16.5. The quantitative estimate of drug-likeness (QED) is 0.420. The monoisotopic (exact) mass is 363 g/mol. The molecule has 3 aromatic heterocycles. The Labute approximate surface area is 146 Å². The molecule has 11 heteroatoms. The predicted molar refractivity (Wildman–Crippen MR) is 86.3 cm³/mol. The summed E-state index contributed by atoms with van der Waals surface area (Å²) in [6, 6.07) is 0. The first-order chi connectivity index (χ1) is 12.6. The molecule has 0 spiro atoms. The van der Waals surface area contributed by atoms with Crippen LogP contribution in [0.1, 0.15) is 18.4 Å². The summed E-state index contributed by atoms with van der Waals surface area (Å²) in [5.74, 6) is -0.117. The molecule has 11 nitrogen and oxygen atoms in total. The molecule has 1 unspecified atom stereocenters. The standard InChI is InChI=1S/C15H17N5O6/c21-3-10-7(22)1-11(26-10)20-6-19-12-14(17-5-18-15(12)20)16-2-9-13(24)8(23)4-25-9/h4-7,10-11,21-24H,1-3H2,(H,16,17,18)/t7-,10+,11?/m0/s1. The fraction of sp³-hybridized carbons (Fsp3) is 0.400. The third-order valence-corrected chi connectivity index (χ3v) is 4.29. The van der Waals surface area contributed by atoms with Crippen LogP contribution in [0.15, 0.2) is 23.3 Å². The molecule has 0 saturated carbocycles. The van der Waals surface area contributed by atoms with Gasteiger partial charge in [-0.3, -0.25) is 4.57 Å². The number of rotatable bonds is 5. The summed E-state index contributed by atoms with van der Waals surface area (Å²) >= 11 is 0. The van der Waals surface area contributed by atoms with E-state index in [0.29, 0.717) is 23.4 Å². The number of aromatic nitrogens is 4. The molecule has 0 radical (unpaired) electrons. The number of aliphatic hydroxyl groups is 2. The summed E-state index contributed by atoms with van der Waals surface area (Å²) in [6.07, 6.45) is 2.30. The summed E-state index contributed by atoms with van der Waals surface area (Å²) in [5, 5.41) is 41.1. The van der Waals surface area contributed by atoms with Crippen molar-refractivity contribution in [3.05, 3.63) is 24.7 Å². The lowest BCUT2D eigenvalue weighted by molar-refractivity contribution is -0.0432. The zero-order chi connectivity index (χ0) is 18.3. The van der Waals surface area contributed by atoms with Crippen LogP contribution in [0.4, 0.5) is 5.82 Å². The first-order valence-corrected chi connectivity index (χ1v) is 7.92. The number of ether oxygens (including phenoxy) is 1. The van der Waals surface area contributed by atoms with Gasteiger partial charge in [-0.1, -0.05) is 0 Å². The molecular weight excluding hydrogens is 346 g/mol. The third-order valence-electron chi connectivity index (χ3n) is 4.29. The highest BCUT2D eigenvalue weighted by molar-refractivity contribution is 5.82. The molecule has 4 rings (SSSR count). The van der Waals surface area contributed by atoms with E-state index in [1.807, 2.05) is 0 Å². The number of aliphatic hydroxyl groups excluding tert-OH is 2. The molecule has 3 aromatic rings. The molecule has 1 aliphatic rings. The number of nitrogens with one attached hydrogen (secondary N) is 1. The Kier molecular flexibility index (Phi) is 4.11. The Bertz CT molecular complexity index is 925. The van der Waals surface area contributed by atoms with Gasteiger partial charge in [-0.05, 0) is 0 Å². The van der Waals surface area contributed by atoms with Gasteiger partial charge < -0.3 is 34.9 Å². The second kappa shape index (κ2) is 6.44. The number of hydrogen-bond acceptors (Lipinski definition) is 10. The Morgan fingerprint density at radius 1 is 1.27 bits per heavy atom. The van der Waals surface area contributed by atoms with E-state index in [1.54, 1.807) is 4.57 Å². The zero-order valence-corrected chi connectivity index (χ0v) is 13.5. The van der Waals surface area contributed by atoms with Crippen LogP contribution >= 0.6 is 0 Å². The van der Waals surface area contributed by atoms with Crippen molar-refractivity contribution in [3.63, 3.8) is 0 Å². The van der Waals surface area contributed by atoms with E-state index in [1.165, 1.54) is 12.7 Å². The molecule has 0 amide bonds. The minimum absolute atomic E-state index is 0.0800. The summed E-state index contributed by atoms with van der Waals surface area (Å²) in [4.78, 5) is 12.6. The van der Waals surface area contributed by atoms with E-state index in [2.05, 4.69) is 20.3 Å². The average molecular weight is 363 g/mol. The van der Waals surface area contributed by atoms with Crippen LogP contribution in [0, 0.1) is 0 Å².